The number of pyridine rings is 1. The number of aryl methyl sites for hydroxylation is 2. The summed E-state index contributed by atoms with van der Waals surface area (Å²) in [5, 5.41) is 0. The van der Waals surface area contributed by atoms with E-state index in [1.165, 1.54) is 0 Å². The Morgan fingerprint density at radius 1 is 1.41 bits per heavy atom. The zero-order chi connectivity index (χ0) is 12.1. The van der Waals surface area contributed by atoms with E-state index in [0.29, 0.717) is 6.54 Å². The predicted octanol–water partition coefficient (Wildman–Crippen LogP) is 1.93. The van der Waals surface area contributed by atoms with Crippen LogP contribution in [0, 0.1) is 0 Å². The molecule has 0 amide bonds. The van der Waals surface area contributed by atoms with Gasteiger partial charge in [0.15, 0.2) is 0 Å². The normalized spacial score (nSPS) is 10.5. The monoisotopic (exact) mass is 232 g/mol. The number of hydrogen-bond acceptors (Lipinski definition) is 4. The molecule has 90 valence electrons. The topological polar surface area (TPSA) is 61.3 Å². The molecule has 2 rings (SSSR count). The second-order valence-electron chi connectivity index (χ2n) is 3.77. The van der Waals surface area contributed by atoms with Crippen LogP contribution in [0.5, 0.6) is 5.75 Å². The number of ether oxygens (including phenoxy) is 1. The van der Waals surface area contributed by atoms with Crippen molar-refractivity contribution in [2.75, 3.05) is 7.11 Å². The van der Waals surface area contributed by atoms with Gasteiger partial charge in [-0.05, 0) is 24.6 Å². The predicted molar refractivity (Wildman–Crippen MR) is 64.8 cm³/mol. The average Bonchev–Trinajstić information content (AvgIpc) is 2.89. The maximum atomic E-state index is 5.66. The Kier molecular flexibility index (Phi) is 3.77. The molecular formula is C13H16N2O2. The van der Waals surface area contributed by atoms with Crippen LogP contribution in [-0.2, 0) is 19.4 Å². The lowest BCUT2D eigenvalue weighted by Crippen LogP contribution is -2.03. The molecule has 0 aliphatic heterocycles. The van der Waals surface area contributed by atoms with Gasteiger partial charge in [0.05, 0.1) is 19.6 Å². The second kappa shape index (κ2) is 5.50. The summed E-state index contributed by atoms with van der Waals surface area (Å²) < 4.78 is 10.5. The largest absolute Gasteiger partial charge is 0.495 e. The summed E-state index contributed by atoms with van der Waals surface area (Å²) in [4.78, 5) is 4.34. The summed E-state index contributed by atoms with van der Waals surface area (Å²) in [6.45, 7) is 0.458. The van der Waals surface area contributed by atoms with Gasteiger partial charge in [-0.2, -0.15) is 0 Å². The highest BCUT2D eigenvalue weighted by molar-refractivity contribution is 5.32. The van der Waals surface area contributed by atoms with Crippen molar-refractivity contribution < 1.29 is 9.15 Å². The van der Waals surface area contributed by atoms with Crippen LogP contribution in [0.4, 0.5) is 0 Å². The number of hydrogen-bond donors (Lipinski definition) is 1. The van der Waals surface area contributed by atoms with Crippen LogP contribution in [0.2, 0.25) is 0 Å². The lowest BCUT2D eigenvalue weighted by atomic mass is 10.1. The van der Waals surface area contributed by atoms with E-state index in [-0.39, 0.29) is 0 Å². The quantitative estimate of drug-likeness (QED) is 0.855. The molecule has 0 unspecified atom stereocenters. The number of furan rings is 1. The molecule has 4 nitrogen and oxygen atoms in total. The van der Waals surface area contributed by atoms with Crippen molar-refractivity contribution >= 4 is 0 Å². The van der Waals surface area contributed by atoms with Gasteiger partial charge in [0.25, 0.3) is 0 Å². The molecule has 2 heterocycles. The van der Waals surface area contributed by atoms with Crippen molar-refractivity contribution in [1.82, 2.24) is 4.98 Å². The molecule has 0 spiro atoms. The summed E-state index contributed by atoms with van der Waals surface area (Å²) >= 11 is 0. The minimum Gasteiger partial charge on any atom is -0.495 e. The van der Waals surface area contributed by atoms with Crippen LogP contribution in [0.3, 0.4) is 0 Å². The molecular weight excluding hydrogens is 216 g/mol. The van der Waals surface area contributed by atoms with Gasteiger partial charge < -0.3 is 14.9 Å². The zero-order valence-corrected chi connectivity index (χ0v) is 9.85. The third-order valence-electron chi connectivity index (χ3n) is 2.65. The standard InChI is InChI=1S/C13H16N2O2/c1-16-13-9-15-11(7-10(13)8-14)4-5-12-3-2-6-17-12/h2-3,6-7,9H,4-5,8,14H2,1H3. The lowest BCUT2D eigenvalue weighted by molar-refractivity contribution is 0.407. The van der Waals surface area contributed by atoms with Crippen molar-refractivity contribution in [2.45, 2.75) is 19.4 Å². The van der Waals surface area contributed by atoms with Gasteiger partial charge in [-0.3, -0.25) is 4.98 Å². The highest BCUT2D eigenvalue weighted by Gasteiger charge is 2.05. The second-order valence-corrected chi connectivity index (χ2v) is 3.77. The van der Waals surface area contributed by atoms with E-state index in [9.17, 15) is 0 Å². The van der Waals surface area contributed by atoms with Gasteiger partial charge in [0, 0.05) is 24.2 Å². The minimum absolute atomic E-state index is 0.458. The van der Waals surface area contributed by atoms with Crippen LogP contribution < -0.4 is 10.5 Å². The van der Waals surface area contributed by atoms with Crippen molar-refractivity contribution in [2.24, 2.45) is 5.73 Å². The van der Waals surface area contributed by atoms with Gasteiger partial charge in [-0.15, -0.1) is 0 Å². The van der Waals surface area contributed by atoms with Crippen molar-refractivity contribution in [3.63, 3.8) is 0 Å². The molecule has 2 aromatic heterocycles. The first-order valence-electron chi connectivity index (χ1n) is 5.57. The van der Waals surface area contributed by atoms with E-state index >= 15 is 0 Å². The molecule has 2 N–H and O–H groups in total. The van der Waals surface area contributed by atoms with E-state index < -0.39 is 0 Å². The van der Waals surface area contributed by atoms with Gasteiger partial charge in [-0.1, -0.05) is 0 Å². The Hall–Kier alpha value is -1.81. The first-order valence-corrected chi connectivity index (χ1v) is 5.57. The van der Waals surface area contributed by atoms with E-state index in [2.05, 4.69) is 4.98 Å². The van der Waals surface area contributed by atoms with Gasteiger partial charge in [0.1, 0.15) is 11.5 Å². The molecule has 0 bridgehead atoms. The summed E-state index contributed by atoms with van der Waals surface area (Å²) in [6.07, 6.45) is 5.09. The molecule has 0 atom stereocenters. The average molecular weight is 232 g/mol. The van der Waals surface area contributed by atoms with Gasteiger partial charge >= 0.3 is 0 Å². The van der Waals surface area contributed by atoms with Gasteiger partial charge in [0.2, 0.25) is 0 Å². The fourth-order valence-corrected chi connectivity index (χ4v) is 1.72. The molecule has 0 aliphatic rings. The first kappa shape index (κ1) is 11.7. The molecule has 0 fully saturated rings. The third kappa shape index (κ3) is 2.85. The van der Waals surface area contributed by atoms with E-state index in [0.717, 1.165) is 35.6 Å². The summed E-state index contributed by atoms with van der Waals surface area (Å²) in [7, 11) is 1.62. The maximum Gasteiger partial charge on any atom is 0.141 e. The molecule has 2 aromatic rings. The number of nitrogens with zero attached hydrogens (tertiary/aromatic N) is 1. The summed E-state index contributed by atoms with van der Waals surface area (Å²) in [5.41, 5.74) is 7.65. The molecule has 0 radical (unpaired) electrons. The lowest BCUT2D eigenvalue weighted by Gasteiger charge is -2.07. The van der Waals surface area contributed by atoms with Crippen molar-refractivity contribution in [3.05, 3.63) is 47.7 Å². The Morgan fingerprint density at radius 2 is 2.29 bits per heavy atom. The smallest absolute Gasteiger partial charge is 0.141 e. The van der Waals surface area contributed by atoms with E-state index in [1.54, 1.807) is 19.6 Å². The van der Waals surface area contributed by atoms with Crippen molar-refractivity contribution in [1.29, 1.82) is 0 Å². The fourth-order valence-electron chi connectivity index (χ4n) is 1.72. The van der Waals surface area contributed by atoms with Crippen LogP contribution in [-0.4, -0.2) is 12.1 Å². The first-order chi connectivity index (χ1) is 8.33. The van der Waals surface area contributed by atoms with E-state index in [1.807, 2.05) is 18.2 Å². The minimum atomic E-state index is 0.458. The maximum absolute atomic E-state index is 5.66. The van der Waals surface area contributed by atoms with Crippen LogP contribution in [0.15, 0.2) is 35.1 Å². The molecule has 4 heteroatoms. The third-order valence-corrected chi connectivity index (χ3v) is 2.65. The molecule has 0 saturated heterocycles. The highest BCUT2D eigenvalue weighted by Crippen LogP contribution is 2.18. The summed E-state index contributed by atoms with van der Waals surface area (Å²) in [6, 6.07) is 5.84. The Morgan fingerprint density at radius 3 is 2.94 bits per heavy atom. The SMILES string of the molecule is COc1cnc(CCc2ccco2)cc1CN. The fraction of sp³-hybridized carbons (Fsp3) is 0.308. The molecule has 0 aromatic carbocycles. The van der Waals surface area contributed by atoms with Crippen molar-refractivity contribution in [3.8, 4) is 5.75 Å². The Labute approximate surface area is 100 Å². The van der Waals surface area contributed by atoms with Crippen LogP contribution in [0.1, 0.15) is 17.0 Å². The molecule has 0 aliphatic carbocycles. The van der Waals surface area contributed by atoms with Crippen LogP contribution in [0.25, 0.3) is 0 Å². The molecule has 17 heavy (non-hydrogen) atoms. The number of methoxy groups -OCH3 is 1. The number of aromatic nitrogens is 1. The zero-order valence-electron chi connectivity index (χ0n) is 9.85. The number of nitrogens with two attached hydrogens (primary N) is 1. The highest BCUT2D eigenvalue weighted by atomic mass is 16.5. The summed E-state index contributed by atoms with van der Waals surface area (Å²) in [5.74, 6) is 1.71. The van der Waals surface area contributed by atoms with Gasteiger partial charge in [-0.25, -0.2) is 0 Å². The van der Waals surface area contributed by atoms with Crippen LogP contribution >= 0.6 is 0 Å². The Balaban J connectivity index is 2.06. The number of rotatable bonds is 5. The van der Waals surface area contributed by atoms with E-state index in [4.69, 9.17) is 14.9 Å². The molecule has 0 saturated carbocycles. The Bertz CT molecular complexity index is 466.